The van der Waals surface area contributed by atoms with Crippen LogP contribution in [0.4, 0.5) is 11.5 Å². The quantitative estimate of drug-likeness (QED) is 0.573. The molecule has 19 heavy (non-hydrogen) atoms. The van der Waals surface area contributed by atoms with E-state index in [-0.39, 0.29) is 24.0 Å². The van der Waals surface area contributed by atoms with Gasteiger partial charge in [-0.3, -0.25) is 19.6 Å². The first-order chi connectivity index (χ1) is 8.81. The van der Waals surface area contributed by atoms with Crippen LogP contribution in [0, 0.1) is 22.0 Å². The normalized spacial score (nSPS) is 12.4. The molecule has 0 aliphatic heterocycles. The van der Waals surface area contributed by atoms with Gasteiger partial charge in [-0.2, -0.15) is 0 Å². The minimum Gasteiger partial charge on any atom is -0.481 e. The number of nitrogens with zero attached hydrogens (tertiary/aromatic N) is 3. The van der Waals surface area contributed by atoms with Gasteiger partial charge in [0.1, 0.15) is 6.20 Å². The number of carboxylic acids is 1. The van der Waals surface area contributed by atoms with Gasteiger partial charge in [-0.15, -0.1) is 5.10 Å². The molecule has 2 N–H and O–H groups in total. The van der Waals surface area contributed by atoms with Crippen LogP contribution in [0.5, 0.6) is 0 Å². The second kappa shape index (κ2) is 6.17. The number of nitrogens with one attached hydrogen (secondary N) is 1. The highest BCUT2D eigenvalue weighted by atomic mass is 16.6. The number of rotatable bonds is 7. The number of aryl methyl sites for hydroxylation is 1. The monoisotopic (exact) mass is 270 g/mol. The predicted octanol–water partition coefficient (Wildman–Crippen LogP) is 1.49. The van der Waals surface area contributed by atoms with Crippen LogP contribution in [0.15, 0.2) is 6.20 Å². The van der Waals surface area contributed by atoms with E-state index in [4.69, 9.17) is 5.11 Å². The Bertz CT molecular complexity index is 469. The minimum absolute atomic E-state index is 0.0995. The topological polar surface area (TPSA) is 110 Å². The molecule has 0 radical (unpaired) electrons. The van der Waals surface area contributed by atoms with Crippen LogP contribution in [0.3, 0.4) is 0 Å². The summed E-state index contributed by atoms with van der Waals surface area (Å²) >= 11 is 0. The molecule has 1 atom stereocenters. The molecule has 0 aliphatic rings. The van der Waals surface area contributed by atoms with Crippen molar-refractivity contribution < 1.29 is 14.8 Å². The molecule has 1 aromatic rings. The first kappa shape index (κ1) is 14.9. The summed E-state index contributed by atoms with van der Waals surface area (Å²) in [6.07, 6.45) is 1.78. The summed E-state index contributed by atoms with van der Waals surface area (Å²) in [6, 6.07) is 0. The van der Waals surface area contributed by atoms with Crippen molar-refractivity contribution in [2.75, 3.05) is 11.9 Å². The highest BCUT2D eigenvalue weighted by molar-refractivity contribution is 5.71. The van der Waals surface area contributed by atoms with Crippen molar-refractivity contribution in [1.29, 1.82) is 0 Å². The van der Waals surface area contributed by atoms with Crippen LogP contribution in [0.1, 0.15) is 20.3 Å². The lowest BCUT2D eigenvalue weighted by Crippen LogP contribution is -2.24. The van der Waals surface area contributed by atoms with Gasteiger partial charge in [-0.05, 0) is 12.3 Å². The Morgan fingerprint density at radius 2 is 2.26 bits per heavy atom. The second-order valence-electron chi connectivity index (χ2n) is 4.84. The third-order valence-electron chi connectivity index (χ3n) is 2.63. The Morgan fingerprint density at radius 1 is 1.63 bits per heavy atom. The SMILES string of the molecule is CC(C)CC(CNc1nn(C)cc1[N+](=O)[O-])C(=O)O. The first-order valence-corrected chi connectivity index (χ1v) is 5.96. The van der Waals surface area contributed by atoms with Crippen LogP contribution >= 0.6 is 0 Å². The molecule has 106 valence electrons. The molecular formula is C11H18N4O4. The average Bonchev–Trinajstić information content (AvgIpc) is 2.65. The summed E-state index contributed by atoms with van der Waals surface area (Å²) in [5.41, 5.74) is -0.156. The Morgan fingerprint density at radius 3 is 2.74 bits per heavy atom. The lowest BCUT2D eigenvalue weighted by Gasteiger charge is -2.14. The van der Waals surface area contributed by atoms with Gasteiger partial charge in [0.15, 0.2) is 0 Å². The van der Waals surface area contributed by atoms with E-state index < -0.39 is 16.8 Å². The second-order valence-corrected chi connectivity index (χ2v) is 4.84. The van der Waals surface area contributed by atoms with Crippen molar-refractivity contribution in [3.63, 3.8) is 0 Å². The number of carbonyl (C=O) groups is 1. The van der Waals surface area contributed by atoms with Crippen LogP contribution < -0.4 is 5.32 Å². The number of anilines is 1. The molecule has 8 heteroatoms. The molecule has 8 nitrogen and oxygen atoms in total. The van der Waals surface area contributed by atoms with E-state index in [2.05, 4.69) is 10.4 Å². The van der Waals surface area contributed by atoms with E-state index >= 15 is 0 Å². The summed E-state index contributed by atoms with van der Waals surface area (Å²) in [4.78, 5) is 21.3. The Hall–Kier alpha value is -2.12. The van der Waals surface area contributed by atoms with Crippen LogP contribution in [-0.4, -0.2) is 32.3 Å². The summed E-state index contributed by atoms with van der Waals surface area (Å²) in [5.74, 6) is -1.18. The van der Waals surface area contributed by atoms with Gasteiger partial charge in [0.25, 0.3) is 0 Å². The maximum Gasteiger partial charge on any atom is 0.330 e. The van der Waals surface area contributed by atoms with Gasteiger partial charge in [0.05, 0.1) is 10.8 Å². The number of hydrogen-bond acceptors (Lipinski definition) is 5. The number of aliphatic carboxylic acids is 1. The molecule has 1 rings (SSSR count). The zero-order valence-electron chi connectivity index (χ0n) is 11.2. The molecule has 0 saturated carbocycles. The van der Waals surface area contributed by atoms with Gasteiger partial charge < -0.3 is 10.4 Å². The smallest absolute Gasteiger partial charge is 0.330 e. The van der Waals surface area contributed by atoms with Crippen molar-refractivity contribution in [3.05, 3.63) is 16.3 Å². The van der Waals surface area contributed by atoms with Crippen molar-refractivity contribution >= 4 is 17.5 Å². The summed E-state index contributed by atoms with van der Waals surface area (Å²) in [7, 11) is 1.57. The molecule has 1 unspecified atom stereocenters. The van der Waals surface area contributed by atoms with Crippen molar-refractivity contribution in [1.82, 2.24) is 9.78 Å². The fraction of sp³-hybridized carbons (Fsp3) is 0.636. The fourth-order valence-electron chi connectivity index (χ4n) is 1.80. The Balaban J connectivity index is 2.74. The molecule has 1 aromatic heterocycles. The van der Waals surface area contributed by atoms with Gasteiger partial charge in [-0.25, -0.2) is 0 Å². The van der Waals surface area contributed by atoms with E-state index in [0.717, 1.165) is 0 Å². The van der Waals surface area contributed by atoms with E-state index in [1.807, 2.05) is 13.8 Å². The molecule has 1 heterocycles. The number of nitro groups is 1. The molecule has 0 amide bonds. The predicted molar refractivity (Wildman–Crippen MR) is 68.9 cm³/mol. The maximum absolute atomic E-state index is 11.1. The lowest BCUT2D eigenvalue weighted by atomic mass is 9.97. The van der Waals surface area contributed by atoms with Gasteiger partial charge in [0.2, 0.25) is 5.82 Å². The first-order valence-electron chi connectivity index (χ1n) is 5.96. The van der Waals surface area contributed by atoms with Gasteiger partial charge in [0, 0.05) is 13.6 Å². The lowest BCUT2D eigenvalue weighted by molar-refractivity contribution is -0.384. The fourth-order valence-corrected chi connectivity index (χ4v) is 1.80. The number of hydrogen-bond donors (Lipinski definition) is 2. The molecule has 0 saturated heterocycles. The van der Waals surface area contributed by atoms with E-state index in [0.29, 0.717) is 6.42 Å². The third-order valence-corrected chi connectivity index (χ3v) is 2.63. The van der Waals surface area contributed by atoms with Gasteiger partial charge in [-0.1, -0.05) is 13.8 Å². The molecule has 0 aromatic carbocycles. The Kier molecular flexibility index (Phi) is 4.85. The summed E-state index contributed by atoms with van der Waals surface area (Å²) in [5, 5.41) is 26.5. The van der Waals surface area contributed by atoms with E-state index in [1.54, 1.807) is 7.05 Å². The maximum atomic E-state index is 11.1. The zero-order chi connectivity index (χ0) is 14.6. The molecule has 0 aliphatic carbocycles. The van der Waals surface area contributed by atoms with Crippen molar-refractivity contribution in [3.8, 4) is 0 Å². The molecule has 0 spiro atoms. The van der Waals surface area contributed by atoms with Crippen LogP contribution in [0.25, 0.3) is 0 Å². The zero-order valence-corrected chi connectivity index (χ0v) is 11.2. The minimum atomic E-state index is -0.917. The third kappa shape index (κ3) is 4.23. The highest BCUT2D eigenvalue weighted by Crippen LogP contribution is 2.22. The summed E-state index contributed by atoms with van der Waals surface area (Å²) in [6.45, 7) is 3.98. The van der Waals surface area contributed by atoms with Crippen molar-refractivity contribution in [2.45, 2.75) is 20.3 Å². The van der Waals surface area contributed by atoms with Crippen LogP contribution in [-0.2, 0) is 11.8 Å². The number of aromatic nitrogens is 2. The van der Waals surface area contributed by atoms with E-state index in [9.17, 15) is 14.9 Å². The molecular weight excluding hydrogens is 252 g/mol. The average molecular weight is 270 g/mol. The Labute approximate surface area is 110 Å². The van der Waals surface area contributed by atoms with Gasteiger partial charge >= 0.3 is 11.7 Å². The largest absolute Gasteiger partial charge is 0.481 e. The van der Waals surface area contributed by atoms with Crippen LogP contribution in [0.2, 0.25) is 0 Å². The number of carboxylic acid groups (broad SMARTS) is 1. The molecule has 0 bridgehead atoms. The van der Waals surface area contributed by atoms with Crippen molar-refractivity contribution in [2.24, 2.45) is 18.9 Å². The standard InChI is InChI=1S/C11H18N4O4/c1-7(2)4-8(11(16)17)5-12-10-9(15(18)19)6-14(3)13-10/h6-8H,4-5H2,1-3H3,(H,12,13)(H,16,17). The highest BCUT2D eigenvalue weighted by Gasteiger charge is 2.23. The molecule has 0 fully saturated rings. The van der Waals surface area contributed by atoms with E-state index in [1.165, 1.54) is 10.9 Å². The summed E-state index contributed by atoms with van der Waals surface area (Å²) < 4.78 is 1.32.